The van der Waals surface area contributed by atoms with Crippen LogP contribution in [0, 0.1) is 0 Å². The molecule has 5 nitrogen and oxygen atoms in total. The highest BCUT2D eigenvalue weighted by atomic mass is 16.7. The van der Waals surface area contributed by atoms with Gasteiger partial charge in [0.1, 0.15) is 0 Å². The summed E-state index contributed by atoms with van der Waals surface area (Å²) < 4.78 is 28.3. The average Bonchev–Trinajstić information content (AvgIpc) is 2.76. The third-order valence-electron chi connectivity index (χ3n) is 3.86. The minimum atomic E-state index is -0.450. The summed E-state index contributed by atoms with van der Waals surface area (Å²) in [5.74, 6) is -0.450. The van der Waals surface area contributed by atoms with E-state index in [0.29, 0.717) is 26.4 Å². The Labute approximate surface area is 135 Å². The van der Waals surface area contributed by atoms with Crippen molar-refractivity contribution in [3.8, 4) is 0 Å². The Kier molecular flexibility index (Phi) is 7.27. The fourth-order valence-corrected chi connectivity index (χ4v) is 2.04. The van der Waals surface area contributed by atoms with Gasteiger partial charge < -0.3 is 23.7 Å². The zero-order chi connectivity index (χ0) is 16.9. The van der Waals surface area contributed by atoms with E-state index >= 15 is 0 Å². The van der Waals surface area contributed by atoms with Crippen molar-refractivity contribution in [3.05, 3.63) is 0 Å². The van der Waals surface area contributed by atoms with Crippen molar-refractivity contribution >= 4 is 0 Å². The standard InChI is InChI=1S/C17H34O5/c1-15(2,21-13-16(3,4)18-7)9-11-19-10-8-14-12-20-17(5,6)22-14/h14H,8-13H2,1-7H3/t14-/m0/s1. The lowest BCUT2D eigenvalue weighted by Gasteiger charge is -2.31. The quantitative estimate of drug-likeness (QED) is 0.579. The SMILES string of the molecule is COC(C)(C)COC(C)(C)CCOCC[C@H]1COC(C)(C)O1. The van der Waals surface area contributed by atoms with Crippen LogP contribution in [0.5, 0.6) is 0 Å². The number of hydrogen-bond acceptors (Lipinski definition) is 5. The Hall–Kier alpha value is -0.200. The van der Waals surface area contributed by atoms with Crippen molar-refractivity contribution in [1.82, 2.24) is 0 Å². The van der Waals surface area contributed by atoms with Gasteiger partial charge in [0.25, 0.3) is 0 Å². The van der Waals surface area contributed by atoms with E-state index in [0.717, 1.165) is 12.8 Å². The largest absolute Gasteiger partial charge is 0.381 e. The predicted molar refractivity (Wildman–Crippen MR) is 86.1 cm³/mol. The van der Waals surface area contributed by atoms with E-state index < -0.39 is 5.79 Å². The molecule has 0 aromatic rings. The van der Waals surface area contributed by atoms with Crippen molar-refractivity contribution in [1.29, 1.82) is 0 Å². The minimum Gasteiger partial charge on any atom is -0.381 e. The van der Waals surface area contributed by atoms with Crippen LogP contribution in [-0.2, 0) is 23.7 Å². The van der Waals surface area contributed by atoms with Crippen LogP contribution in [-0.4, -0.2) is 56.6 Å². The molecular weight excluding hydrogens is 284 g/mol. The molecule has 0 N–H and O–H groups in total. The molecule has 0 amide bonds. The van der Waals surface area contributed by atoms with E-state index in [9.17, 15) is 0 Å². The van der Waals surface area contributed by atoms with Gasteiger partial charge in [0.2, 0.25) is 0 Å². The molecule has 1 saturated heterocycles. The summed E-state index contributed by atoms with van der Waals surface area (Å²) in [5, 5.41) is 0. The summed E-state index contributed by atoms with van der Waals surface area (Å²) in [6.45, 7) is 14.7. The molecule has 0 aromatic carbocycles. The van der Waals surface area contributed by atoms with Crippen LogP contribution in [0.4, 0.5) is 0 Å². The maximum absolute atomic E-state index is 5.94. The lowest BCUT2D eigenvalue weighted by molar-refractivity contribution is -0.140. The molecule has 0 unspecified atom stereocenters. The smallest absolute Gasteiger partial charge is 0.163 e. The summed E-state index contributed by atoms with van der Waals surface area (Å²) in [4.78, 5) is 0. The Balaban J connectivity index is 2.10. The summed E-state index contributed by atoms with van der Waals surface area (Å²) in [6, 6.07) is 0. The molecule has 0 aliphatic carbocycles. The minimum absolute atomic E-state index is 0.141. The zero-order valence-electron chi connectivity index (χ0n) is 15.4. The fraction of sp³-hybridized carbons (Fsp3) is 1.00. The second kappa shape index (κ2) is 8.06. The van der Waals surface area contributed by atoms with E-state index in [1.165, 1.54) is 0 Å². The van der Waals surface area contributed by atoms with Crippen LogP contribution in [0.3, 0.4) is 0 Å². The molecule has 132 valence electrons. The first kappa shape index (κ1) is 19.8. The van der Waals surface area contributed by atoms with Gasteiger partial charge in [-0.25, -0.2) is 0 Å². The summed E-state index contributed by atoms with van der Waals surface area (Å²) in [6.07, 6.45) is 1.85. The van der Waals surface area contributed by atoms with Crippen LogP contribution in [0.2, 0.25) is 0 Å². The van der Waals surface area contributed by atoms with E-state index in [2.05, 4.69) is 13.8 Å². The van der Waals surface area contributed by atoms with Gasteiger partial charge in [-0.3, -0.25) is 0 Å². The first-order valence-corrected chi connectivity index (χ1v) is 8.14. The number of hydrogen-bond donors (Lipinski definition) is 0. The van der Waals surface area contributed by atoms with Gasteiger partial charge in [0.15, 0.2) is 5.79 Å². The Bertz CT molecular complexity index is 325. The fourth-order valence-electron chi connectivity index (χ4n) is 2.04. The van der Waals surface area contributed by atoms with Crippen molar-refractivity contribution in [2.45, 2.75) is 77.5 Å². The van der Waals surface area contributed by atoms with Crippen LogP contribution in [0.1, 0.15) is 54.4 Å². The highest BCUT2D eigenvalue weighted by Gasteiger charge is 2.32. The van der Waals surface area contributed by atoms with Crippen molar-refractivity contribution in [2.24, 2.45) is 0 Å². The van der Waals surface area contributed by atoms with Crippen molar-refractivity contribution < 1.29 is 23.7 Å². The molecule has 0 bridgehead atoms. The normalized spacial score (nSPS) is 22.2. The molecular formula is C17H34O5. The summed E-state index contributed by atoms with van der Waals surface area (Å²) in [7, 11) is 1.70. The second-order valence-electron chi connectivity index (χ2n) is 7.61. The molecule has 1 heterocycles. The first-order chi connectivity index (χ1) is 10.1. The van der Waals surface area contributed by atoms with Gasteiger partial charge in [-0.15, -0.1) is 0 Å². The monoisotopic (exact) mass is 318 g/mol. The van der Waals surface area contributed by atoms with Gasteiger partial charge in [-0.1, -0.05) is 0 Å². The van der Waals surface area contributed by atoms with E-state index in [1.54, 1.807) is 7.11 Å². The lowest BCUT2D eigenvalue weighted by atomic mass is 10.0. The number of ether oxygens (including phenoxy) is 5. The third-order valence-corrected chi connectivity index (χ3v) is 3.86. The maximum Gasteiger partial charge on any atom is 0.163 e. The molecule has 0 aromatic heterocycles. The molecule has 1 aliphatic rings. The highest BCUT2D eigenvalue weighted by molar-refractivity contribution is 4.74. The van der Waals surface area contributed by atoms with Crippen LogP contribution < -0.4 is 0 Å². The van der Waals surface area contributed by atoms with Crippen LogP contribution in [0.15, 0.2) is 0 Å². The molecule has 5 heteroatoms. The van der Waals surface area contributed by atoms with Crippen LogP contribution >= 0.6 is 0 Å². The third kappa shape index (κ3) is 7.88. The lowest BCUT2D eigenvalue weighted by Crippen LogP contribution is -2.36. The summed E-state index contributed by atoms with van der Waals surface area (Å²) >= 11 is 0. The summed E-state index contributed by atoms with van der Waals surface area (Å²) in [5.41, 5.74) is -0.477. The maximum atomic E-state index is 5.94. The number of methoxy groups -OCH3 is 1. The Morgan fingerprint density at radius 2 is 1.77 bits per heavy atom. The van der Waals surface area contributed by atoms with Gasteiger partial charge >= 0.3 is 0 Å². The van der Waals surface area contributed by atoms with Gasteiger partial charge in [-0.05, 0) is 54.4 Å². The van der Waals surface area contributed by atoms with E-state index in [1.807, 2.05) is 27.7 Å². The van der Waals surface area contributed by atoms with Gasteiger partial charge in [-0.2, -0.15) is 0 Å². The van der Waals surface area contributed by atoms with Crippen LogP contribution in [0.25, 0.3) is 0 Å². The molecule has 1 aliphatic heterocycles. The molecule has 0 saturated carbocycles. The van der Waals surface area contributed by atoms with Crippen molar-refractivity contribution in [3.63, 3.8) is 0 Å². The highest BCUT2D eigenvalue weighted by Crippen LogP contribution is 2.24. The molecule has 1 rings (SSSR count). The molecule has 0 radical (unpaired) electrons. The van der Waals surface area contributed by atoms with E-state index in [4.69, 9.17) is 23.7 Å². The van der Waals surface area contributed by atoms with Gasteiger partial charge in [0.05, 0.1) is 30.5 Å². The topological polar surface area (TPSA) is 46.2 Å². The molecule has 22 heavy (non-hydrogen) atoms. The Morgan fingerprint density at radius 3 is 2.32 bits per heavy atom. The van der Waals surface area contributed by atoms with Gasteiger partial charge in [0, 0.05) is 20.3 Å². The van der Waals surface area contributed by atoms with E-state index in [-0.39, 0.29) is 17.3 Å². The molecule has 1 atom stereocenters. The average molecular weight is 318 g/mol. The Morgan fingerprint density at radius 1 is 1.09 bits per heavy atom. The zero-order valence-corrected chi connectivity index (χ0v) is 15.4. The molecule has 1 fully saturated rings. The number of rotatable bonds is 10. The van der Waals surface area contributed by atoms with Crippen molar-refractivity contribution in [2.75, 3.05) is 33.5 Å². The predicted octanol–water partition coefficient (Wildman–Crippen LogP) is 3.15. The molecule has 0 spiro atoms. The first-order valence-electron chi connectivity index (χ1n) is 8.14. The second-order valence-corrected chi connectivity index (χ2v) is 7.61.